The quantitative estimate of drug-likeness (QED) is 0.828. The first-order valence-corrected chi connectivity index (χ1v) is 8.93. The molecule has 2 aromatic rings. The van der Waals surface area contributed by atoms with Crippen LogP contribution in [0.5, 0.6) is 0 Å². The van der Waals surface area contributed by atoms with Crippen molar-refractivity contribution < 1.29 is 9.59 Å². The molecule has 0 radical (unpaired) electrons. The summed E-state index contributed by atoms with van der Waals surface area (Å²) < 4.78 is 0. The summed E-state index contributed by atoms with van der Waals surface area (Å²) in [4.78, 5) is 30.1. The van der Waals surface area contributed by atoms with Gasteiger partial charge in [-0.1, -0.05) is 32.0 Å². The van der Waals surface area contributed by atoms with Crippen LogP contribution < -0.4 is 10.2 Å². The molecule has 0 saturated heterocycles. The smallest absolute Gasteiger partial charge is 0.223 e. The van der Waals surface area contributed by atoms with Gasteiger partial charge in [-0.05, 0) is 41.7 Å². The molecule has 0 spiro atoms. The number of pyridine rings is 1. The van der Waals surface area contributed by atoms with Crippen molar-refractivity contribution in [2.45, 2.75) is 46.6 Å². The zero-order valence-corrected chi connectivity index (χ0v) is 16.0. The minimum atomic E-state index is -0.0762. The van der Waals surface area contributed by atoms with E-state index in [0.29, 0.717) is 19.0 Å². The van der Waals surface area contributed by atoms with Crippen LogP contribution in [0.4, 0.5) is 5.69 Å². The molecule has 0 atom stereocenters. The lowest BCUT2D eigenvalue weighted by Gasteiger charge is -2.27. The lowest BCUT2D eigenvalue weighted by atomic mass is 9.97. The van der Waals surface area contributed by atoms with Crippen molar-refractivity contribution in [2.75, 3.05) is 11.4 Å². The van der Waals surface area contributed by atoms with E-state index >= 15 is 0 Å². The van der Waals surface area contributed by atoms with E-state index in [1.165, 1.54) is 0 Å². The van der Waals surface area contributed by atoms with Crippen LogP contribution in [0, 0.1) is 6.92 Å². The van der Waals surface area contributed by atoms with E-state index in [1.807, 2.05) is 37.3 Å². The maximum atomic E-state index is 12.3. The van der Waals surface area contributed by atoms with Gasteiger partial charge in [0.25, 0.3) is 0 Å². The van der Waals surface area contributed by atoms with Crippen molar-refractivity contribution in [3.63, 3.8) is 0 Å². The summed E-state index contributed by atoms with van der Waals surface area (Å²) in [5.41, 5.74) is 4.09. The number of nitrogens with zero attached hydrogens (tertiary/aromatic N) is 2. The predicted octanol–water partition coefficient (Wildman–Crippen LogP) is 3.57. The standard InChI is InChI=1S/C21H27N3O2/c1-15(2)19-7-5-6-16(3)21(19)24(17(4)25)13-10-20(26)23-14-18-8-11-22-12-9-18/h5-9,11-12,15H,10,13-14H2,1-4H3,(H,23,26). The maximum Gasteiger partial charge on any atom is 0.223 e. The molecule has 2 amide bonds. The number of carbonyl (C=O) groups is 2. The molecule has 1 aromatic heterocycles. The Bertz CT molecular complexity index is 757. The highest BCUT2D eigenvalue weighted by molar-refractivity contribution is 5.94. The second kappa shape index (κ2) is 9.13. The van der Waals surface area contributed by atoms with Crippen molar-refractivity contribution in [1.82, 2.24) is 10.3 Å². The van der Waals surface area contributed by atoms with Gasteiger partial charge in [-0.15, -0.1) is 0 Å². The van der Waals surface area contributed by atoms with Gasteiger partial charge in [-0.2, -0.15) is 0 Å². The Balaban J connectivity index is 2.05. The first-order chi connectivity index (χ1) is 12.4. The van der Waals surface area contributed by atoms with Gasteiger partial charge in [0.2, 0.25) is 11.8 Å². The van der Waals surface area contributed by atoms with E-state index in [9.17, 15) is 9.59 Å². The van der Waals surface area contributed by atoms with Gasteiger partial charge in [-0.25, -0.2) is 0 Å². The Morgan fingerprint density at radius 1 is 1.15 bits per heavy atom. The molecule has 138 valence electrons. The minimum absolute atomic E-state index is 0.0527. The van der Waals surface area contributed by atoms with Crippen LogP contribution in [0.1, 0.15) is 49.8 Å². The summed E-state index contributed by atoms with van der Waals surface area (Å²) in [5, 5.41) is 2.89. The van der Waals surface area contributed by atoms with Crippen molar-refractivity contribution in [2.24, 2.45) is 0 Å². The molecule has 5 heteroatoms. The fraction of sp³-hybridized carbons (Fsp3) is 0.381. The van der Waals surface area contributed by atoms with Crippen LogP contribution in [0.25, 0.3) is 0 Å². The molecular weight excluding hydrogens is 326 g/mol. The summed E-state index contributed by atoms with van der Waals surface area (Å²) in [5.74, 6) is 0.170. The van der Waals surface area contributed by atoms with E-state index < -0.39 is 0 Å². The van der Waals surface area contributed by atoms with Crippen molar-refractivity contribution >= 4 is 17.5 Å². The Morgan fingerprint density at radius 3 is 2.46 bits per heavy atom. The molecule has 2 rings (SSSR count). The van der Waals surface area contributed by atoms with E-state index in [2.05, 4.69) is 24.1 Å². The average Bonchev–Trinajstić information content (AvgIpc) is 2.61. The molecule has 0 aliphatic carbocycles. The molecule has 0 bridgehead atoms. The Kier molecular flexibility index (Phi) is 6.89. The third-order valence-electron chi connectivity index (χ3n) is 4.34. The van der Waals surface area contributed by atoms with Crippen LogP contribution in [0.3, 0.4) is 0 Å². The number of amides is 2. The molecule has 26 heavy (non-hydrogen) atoms. The highest BCUT2D eigenvalue weighted by Gasteiger charge is 2.20. The third kappa shape index (κ3) is 5.15. The number of hydrogen-bond acceptors (Lipinski definition) is 3. The lowest BCUT2D eigenvalue weighted by molar-refractivity contribution is -0.121. The van der Waals surface area contributed by atoms with Crippen LogP contribution >= 0.6 is 0 Å². The number of aryl methyl sites for hydroxylation is 1. The molecule has 1 heterocycles. The number of aromatic nitrogens is 1. The SMILES string of the molecule is CC(=O)N(CCC(=O)NCc1ccncc1)c1c(C)cccc1C(C)C. The summed E-state index contributed by atoms with van der Waals surface area (Å²) in [6.07, 6.45) is 3.66. The maximum absolute atomic E-state index is 12.3. The Hall–Kier alpha value is -2.69. The van der Waals surface area contributed by atoms with E-state index in [-0.39, 0.29) is 18.2 Å². The fourth-order valence-corrected chi connectivity index (χ4v) is 2.95. The number of para-hydroxylation sites is 1. The molecule has 0 unspecified atom stereocenters. The zero-order chi connectivity index (χ0) is 19.1. The zero-order valence-electron chi connectivity index (χ0n) is 16.0. The topological polar surface area (TPSA) is 62.3 Å². The van der Waals surface area contributed by atoms with E-state index in [1.54, 1.807) is 24.2 Å². The number of anilines is 1. The normalized spacial score (nSPS) is 10.7. The lowest BCUT2D eigenvalue weighted by Crippen LogP contribution is -2.35. The predicted molar refractivity (Wildman–Crippen MR) is 104 cm³/mol. The van der Waals surface area contributed by atoms with E-state index in [0.717, 1.165) is 22.4 Å². The minimum Gasteiger partial charge on any atom is -0.352 e. The van der Waals surface area contributed by atoms with Gasteiger partial charge in [0, 0.05) is 44.5 Å². The van der Waals surface area contributed by atoms with Crippen LogP contribution in [-0.2, 0) is 16.1 Å². The Labute approximate surface area is 155 Å². The van der Waals surface area contributed by atoms with Gasteiger partial charge < -0.3 is 10.2 Å². The van der Waals surface area contributed by atoms with Gasteiger partial charge in [0.05, 0.1) is 0 Å². The first-order valence-electron chi connectivity index (χ1n) is 8.93. The molecule has 0 aliphatic heterocycles. The summed E-state index contributed by atoms with van der Waals surface area (Å²) >= 11 is 0. The highest BCUT2D eigenvalue weighted by atomic mass is 16.2. The Morgan fingerprint density at radius 2 is 1.85 bits per heavy atom. The molecule has 5 nitrogen and oxygen atoms in total. The van der Waals surface area contributed by atoms with Crippen LogP contribution in [0.15, 0.2) is 42.7 Å². The van der Waals surface area contributed by atoms with Gasteiger partial charge in [-0.3, -0.25) is 14.6 Å². The van der Waals surface area contributed by atoms with Crippen molar-refractivity contribution in [1.29, 1.82) is 0 Å². The summed E-state index contributed by atoms with van der Waals surface area (Å²) in [7, 11) is 0. The molecule has 1 N–H and O–H groups in total. The summed E-state index contributed by atoms with van der Waals surface area (Å²) in [6, 6.07) is 9.79. The van der Waals surface area contributed by atoms with Crippen molar-refractivity contribution in [3.8, 4) is 0 Å². The monoisotopic (exact) mass is 353 g/mol. The second-order valence-corrected chi connectivity index (χ2v) is 6.72. The number of benzene rings is 1. The molecular formula is C21H27N3O2. The molecule has 0 fully saturated rings. The fourth-order valence-electron chi connectivity index (χ4n) is 2.95. The van der Waals surface area contributed by atoms with Gasteiger partial charge >= 0.3 is 0 Å². The first kappa shape index (κ1) is 19.6. The van der Waals surface area contributed by atoms with Crippen molar-refractivity contribution in [3.05, 3.63) is 59.4 Å². The third-order valence-corrected chi connectivity index (χ3v) is 4.34. The number of hydrogen-bond donors (Lipinski definition) is 1. The second-order valence-electron chi connectivity index (χ2n) is 6.72. The van der Waals surface area contributed by atoms with Crippen LogP contribution in [-0.4, -0.2) is 23.3 Å². The molecule has 1 aromatic carbocycles. The molecule has 0 aliphatic rings. The number of rotatable bonds is 7. The summed E-state index contributed by atoms with van der Waals surface area (Å²) in [6.45, 7) is 8.59. The van der Waals surface area contributed by atoms with Crippen LogP contribution in [0.2, 0.25) is 0 Å². The van der Waals surface area contributed by atoms with Gasteiger partial charge in [0.1, 0.15) is 0 Å². The van der Waals surface area contributed by atoms with Gasteiger partial charge in [0.15, 0.2) is 0 Å². The largest absolute Gasteiger partial charge is 0.352 e. The highest BCUT2D eigenvalue weighted by Crippen LogP contribution is 2.31. The number of carbonyl (C=O) groups excluding carboxylic acids is 2. The number of nitrogens with one attached hydrogen (secondary N) is 1. The van der Waals surface area contributed by atoms with E-state index in [4.69, 9.17) is 0 Å². The molecule has 0 saturated carbocycles. The average molecular weight is 353 g/mol.